The van der Waals surface area contributed by atoms with Crippen molar-refractivity contribution >= 4 is 60.7 Å². The average Bonchev–Trinajstić information content (AvgIpc) is 3.52. The van der Waals surface area contributed by atoms with E-state index in [-0.39, 0.29) is 0 Å². The highest BCUT2D eigenvalue weighted by Crippen LogP contribution is 2.47. The molecule has 0 radical (unpaired) electrons. The van der Waals surface area contributed by atoms with Gasteiger partial charge in [0.2, 0.25) is 0 Å². The van der Waals surface area contributed by atoms with Crippen LogP contribution < -0.4 is 4.90 Å². The molecular formula is C43H28N2O. The number of pyridine rings is 1. The Hall–Kier alpha value is -6.19. The zero-order valence-corrected chi connectivity index (χ0v) is 25.0. The first-order chi connectivity index (χ1) is 22.8. The van der Waals surface area contributed by atoms with Crippen LogP contribution in [-0.4, -0.2) is 4.98 Å². The number of hydrogen-bond donors (Lipinski definition) is 0. The van der Waals surface area contributed by atoms with Gasteiger partial charge in [-0.05, 0) is 63.9 Å². The first-order valence-corrected chi connectivity index (χ1v) is 15.6. The number of aromatic nitrogens is 1. The zero-order chi connectivity index (χ0) is 30.5. The molecule has 0 aliphatic carbocycles. The van der Waals surface area contributed by atoms with Gasteiger partial charge in [-0.2, -0.15) is 0 Å². The smallest absolute Gasteiger partial charge is 0.163 e. The monoisotopic (exact) mass is 588 g/mol. The second-order valence-electron chi connectivity index (χ2n) is 11.6. The Kier molecular flexibility index (Phi) is 6.14. The van der Waals surface area contributed by atoms with Crippen LogP contribution in [0.15, 0.2) is 174 Å². The van der Waals surface area contributed by atoms with Crippen molar-refractivity contribution in [2.45, 2.75) is 0 Å². The SMILES string of the molecule is c1ccc(-c2ccc(N(c3ccccc3-c3cccc4ccccc34)c3cccc4cnc5c6ccccc6oc5c34)cc2)cc1. The number of rotatable bonds is 5. The van der Waals surface area contributed by atoms with Crippen molar-refractivity contribution < 1.29 is 4.42 Å². The number of anilines is 3. The Morgan fingerprint density at radius 1 is 0.457 bits per heavy atom. The molecule has 2 aromatic heterocycles. The van der Waals surface area contributed by atoms with Gasteiger partial charge >= 0.3 is 0 Å². The second kappa shape index (κ2) is 10.8. The molecule has 9 aromatic rings. The summed E-state index contributed by atoms with van der Waals surface area (Å²) in [6.07, 6.45) is 1.97. The van der Waals surface area contributed by atoms with E-state index in [1.807, 2.05) is 24.4 Å². The maximum absolute atomic E-state index is 6.59. The summed E-state index contributed by atoms with van der Waals surface area (Å²) >= 11 is 0. The summed E-state index contributed by atoms with van der Waals surface area (Å²) in [5.41, 5.74) is 10.4. The maximum atomic E-state index is 6.59. The van der Waals surface area contributed by atoms with Crippen molar-refractivity contribution in [1.29, 1.82) is 0 Å². The first kappa shape index (κ1) is 26.2. The van der Waals surface area contributed by atoms with Crippen LogP contribution in [0, 0.1) is 0 Å². The largest absolute Gasteiger partial charge is 0.454 e. The number of para-hydroxylation sites is 2. The van der Waals surface area contributed by atoms with E-state index in [1.165, 1.54) is 27.5 Å². The molecule has 0 amide bonds. The van der Waals surface area contributed by atoms with Crippen molar-refractivity contribution in [2.75, 3.05) is 4.90 Å². The fraction of sp³-hybridized carbons (Fsp3) is 0. The van der Waals surface area contributed by atoms with Crippen molar-refractivity contribution in [1.82, 2.24) is 4.98 Å². The van der Waals surface area contributed by atoms with Gasteiger partial charge in [0.25, 0.3) is 0 Å². The van der Waals surface area contributed by atoms with Gasteiger partial charge < -0.3 is 9.32 Å². The fourth-order valence-electron chi connectivity index (χ4n) is 6.76. The van der Waals surface area contributed by atoms with E-state index in [0.29, 0.717) is 0 Å². The molecule has 0 aliphatic rings. The van der Waals surface area contributed by atoms with Crippen LogP contribution in [-0.2, 0) is 0 Å². The molecule has 9 rings (SSSR count). The molecule has 0 unspecified atom stereocenters. The van der Waals surface area contributed by atoms with Gasteiger partial charge in [0.05, 0.1) is 16.8 Å². The van der Waals surface area contributed by atoms with Crippen LogP contribution in [0.5, 0.6) is 0 Å². The molecule has 0 aliphatic heterocycles. The van der Waals surface area contributed by atoms with Crippen LogP contribution in [0.3, 0.4) is 0 Å². The lowest BCUT2D eigenvalue weighted by Gasteiger charge is -2.29. The first-order valence-electron chi connectivity index (χ1n) is 15.6. The van der Waals surface area contributed by atoms with Crippen molar-refractivity contribution in [2.24, 2.45) is 0 Å². The lowest BCUT2D eigenvalue weighted by Crippen LogP contribution is -2.12. The van der Waals surface area contributed by atoms with E-state index in [0.717, 1.165) is 55.5 Å². The number of furan rings is 1. The van der Waals surface area contributed by atoms with Gasteiger partial charge in [0.1, 0.15) is 11.1 Å². The number of hydrogen-bond acceptors (Lipinski definition) is 3. The molecule has 0 spiro atoms. The van der Waals surface area contributed by atoms with E-state index >= 15 is 0 Å². The topological polar surface area (TPSA) is 29.3 Å². The number of fused-ring (bicyclic) bond motifs is 6. The highest BCUT2D eigenvalue weighted by molar-refractivity contribution is 6.18. The minimum Gasteiger partial charge on any atom is -0.454 e. The van der Waals surface area contributed by atoms with E-state index < -0.39 is 0 Å². The Labute approximate surface area is 266 Å². The zero-order valence-electron chi connectivity index (χ0n) is 25.0. The molecule has 0 saturated carbocycles. The van der Waals surface area contributed by atoms with Gasteiger partial charge in [-0.1, -0.05) is 127 Å². The standard InChI is InChI=1S/C43H28N2O/c1-2-12-29(13-3-1)30-24-26-33(27-25-30)45(38-21-8-6-18-36(38)35-20-10-15-31-14-4-5-17-34(31)35)39-22-11-16-32-28-44-42-37-19-7-9-23-40(37)46-43(42)41(32)39/h1-28H. The Balaban J connectivity index is 1.34. The number of benzene rings is 7. The molecule has 46 heavy (non-hydrogen) atoms. The Morgan fingerprint density at radius 3 is 1.98 bits per heavy atom. The van der Waals surface area contributed by atoms with Gasteiger partial charge in [0.15, 0.2) is 5.58 Å². The van der Waals surface area contributed by atoms with Crippen LogP contribution in [0.4, 0.5) is 17.1 Å². The minimum absolute atomic E-state index is 0.794. The van der Waals surface area contributed by atoms with E-state index in [4.69, 9.17) is 9.40 Å². The summed E-state index contributed by atoms with van der Waals surface area (Å²) in [5.74, 6) is 0. The molecular weight excluding hydrogens is 560 g/mol. The molecule has 2 heterocycles. The van der Waals surface area contributed by atoms with Crippen LogP contribution in [0.1, 0.15) is 0 Å². The van der Waals surface area contributed by atoms with Crippen molar-refractivity contribution in [3.05, 3.63) is 170 Å². The summed E-state index contributed by atoms with van der Waals surface area (Å²) in [5, 5.41) is 5.51. The minimum atomic E-state index is 0.794. The maximum Gasteiger partial charge on any atom is 0.163 e. The predicted octanol–water partition coefficient (Wildman–Crippen LogP) is 12.1. The van der Waals surface area contributed by atoms with Gasteiger partial charge in [-0.25, -0.2) is 0 Å². The summed E-state index contributed by atoms with van der Waals surface area (Å²) in [4.78, 5) is 7.25. The van der Waals surface area contributed by atoms with Crippen LogP contribution >= 0.6 is 0 Å². The Bertz CT molecular complexity index is 2530. The fourth-order valence-corrected chi connectivity index (χ4v) is 6.76. The van der Waals surface area contributed by atoms with Gasteiger partial charge in [0, 0.05) is 28.2 Å². The molecule has 0 fully saturated rings. The second-order valence-corrected chi connectivity index (χ2v) is 11.6. The summed E-state index contributed by atoms with van der Waals surface area (Å²) in [6, 6.07) is 57.8. The van der Waals surface area contributed by atoms with E-state index in [9.17, 15) is 0 Å². The molecule has 0 atom stereocenters. The molecule has 0 bridgehead atoms. The normalized spacial score (nSPS) is 11.5. The number of nitrogens with zero attached hydrogens (tertiary/aromatic N) is 2. The van der Waals surface area contributed by atoms with E-state index in [2.05, 4.69) is 150 Å². The lowest BCUT2D eigenvalue weighted by molar-refractivity contribution is 0.672. The molecule has 3 heteroatoms. The average molecular weight is 589 g/mol. The third-order valence-corrected chi connectivity index (χ3v) is 8.90. The predicted molar refractivity (Wildman–Crippen MR) is 192 cm³/mol. The quantitative estimate of drug-likeness (QED) is 0.200. The third-order valence-electron chi connectivity index (χ3n) is 8.90. The van der Waals surface area contributed by atoms with Crippen molar-refractivity contribution in [3.8, 4) is 22.3 Å². The highest BCUT2D eigenvalue weighted by atomic mass is 16.3. The summed E-state index contributed by atoms with van der Waals surface area (Å²) < 4.78 is 6.59. The van der Waals surface area contributed by atoms with Crippen LogP contribution in [0.25, 0.3) is 65.9 Å². The lowest BCUT2D eigenvalue weighted by atomic mass is 9.95. The molecule has 7 aromatic carbocycles. The van der Waals surface area contributed by atoms with Crippen molar-refractivity contribution in [3.63, 3.8) is 0 Å². The third kappa shape index (κ3) is 4.25. The van der Waals surface area contributed by atoms with Gasteiger partial charge in [-0.3, -0.25) is 4.98 Å². The van der Waals surface area contributed by atoms with Gasteiger partial charge in [-0.15, -0.1) is 0 Å². The highest BCUT2D eigenvalue weighted by Gasteiger charge is 2.23. The van der Waals surface area contributed by atoms with E-state index in [1.54, 1.807) is 0 Å². The molecule has 0 N–H and O–H groups in total. The van der Waals surface area contributed by atoms with Crippen LogP contribution in [0.2, 0.25) is 0 Å². The molecule has 0 saturated heterocycles. The summed E-state index contributed by atoms with van der Waals surface area (Å²) in [7, 11) is 0. The Morgan fingerprint density at radius 2 is 1.09 bits per heavy atom. The molecule has 216 valence electrons. The summed E-state index contributed by atoms with van der Waals surface area (Å²) in [6.45, 7) is 0. The molecule has 3 nitrogen and oxygen atoms in total.